The van der Waals surface area contributed by atoms with E-state index in [4.69, 9.17) is 34.9 Å². The number of benzene rings is 15. The zero-order valence-corrected chi connectivity index (χ0v) is 79.7. The number of hydrogen-bond acceptors (Lipinski definition) is 11. The molecule has 676 valence electrons. The first-order valence-corrected chi connectivity index (χ1v) is 48.7. The highest BCUT2D eigenvalue weighted by Crippen LogP contribution is 2.58. The highest BCUT2D eigenvalue weighted by Gasteiger charge is 2.43. The van der Waals surface area contributed by atoms with E-state index in [2.05, 4.69) is 401 Å². The molecule has 0 spiro atoms. The standard InChI is InChI=1S/C48H33N3.C45H32N4.C39H28N4/c1-48(2)41-13-5-3-11-39(41)47-46(48)45(40-12-4-6-14-44(40)51-47)31-17-15-30(16-18-31)36-27-37(32-19-21-42-34(25-32)9-7-23-49-42)29-38(28-36)33-20-22-43-35(26-33)10-8-24-50-43;1-45(2)37-16-8-6-14-35(37)43-42(45)41(36-15-7-9-17-38(36)47-43)32-24-22-31(23-25-32)40-27-39(48-44(49-40)33-11-4-3-5-12-33)30-20-18-29(19-21-30)34-13-10-26-46-28-34;1-39(2)31-16-8-6-14-29(31)37-36(39)35(30-15-7-9-17-32(30)41-37)26-20-18-25(19-21-26)33-23-34(28-13-10-22-40-24-28)43-38(42-33)27-11-4-3-5-12-27/h3-29H,1-2H3;3-28H,1-2H3;3-24H,1-2H3. The van der Waals surface area contributed by atoms with Gasteiger partial charge in [0.1, 0.15) is 0 Å². The quantitative estimate of drug-likeness (QED) is 0.109. The molecular formula is C132H93N11. The Morgan fingerprint density at radius 2 is 0.469 bits per heavy atom. The minimum Gasteiger partial charge on any atom is -0.264 e. The van der Waals surface area contributed by atoms with Crippen molar-refractivity contribution in [2.75, 3.05) is 0 Å². The first kappa shape index (κ1) is 86.4. The number of aromatic nitrogens is 11. The van der Waals surface area contributed by atoms with Gasteiger partial charge in [-0.05, 0) is 214 Å². The molecule has 143 heavy (non-hydrogen) atoms. The molecule has 27 rings (SSSR count). The van der Waals surface area contributed by atoms with Crippen molar-refractivity contribution in [2.45, 2.75) is 57.8 Å². The summed E-state index contributed by atoms with van der Waals surface area (Å²) in [5, 5.41) is 5.78. The van der Waals surface area contributed by atoms with Crippen LogP contribution in [0.2, 0.25) is 0 Å². The van der Waals surface area contributed by atoms with Gasteiger partial charge in [0.05, 0.1) is 67.4 Å². The van der Waals surface area contributed by atoms with Crippen LogP contribution in [0.25, 0.3) is 234 Å². The van der Waals surface area contributed by atoms with Crippen molar-refractivity contribution in [3.63, 3.8) is 0 Å². The van der Waals surface area contributed by atoms with Gasteiger partial charge in [-0.3, -0.25) is 19.9 Å². The summed E-state index contributed by atoms with van der Waals surface area (Å²) in [5.74, 6) is 1.39. The molecular weight excluding hydrogens is 1740 g/mol. The summed E-state index contributed by atoms with van der Waals surface area (Å²) in [4.78, 5) is 53.5. The van der Waals surface area contributed by atoms with Crippen LogP contribution in [0.4, 0.5) is 0 Å². The fraction of sp³-hybridized carbons (Fsp3) is 0.0682. The largest absolute Gasteiger partial charge is 0.264 e. The van der Waals surface area contributed by atoms with Crippen molar-refractivity contribution in [1.82, 2.24) is 54.8 Å². The Balaban J connectivity index is 0.000000113. The normalized spacial score (nSPS) is 13.0. The summed E-state index contributed by atoms with van der Waals surface area (Å²) < 4.78 is 0. The molecule has 0 saturated carbocycles. The number of hydrogen-bond donors (Lipinski definition) is 0. The van der Waals surface area contributed by atoms with E-state index < -0.39 is 0 Å². The van der Waals surface area contributed by atoms with E-state index in [1.54, 1.807) is 12.4 Å². The second-order valence-corrected chi connectivity index (χ2v) is 38.8. The molecule has 0 bridgehead atoms. The van der Waals surface area contributed by atoms with Crippen LogP contribution in [0.5, 0.6) is 0 Å². The summed E-state index contributed by atoms with van der Waals surface area (Å²) in [5.41, 5.74) is 45.3. The molecule has 3 aliphatic carbocycles. The third kappa shape index (κ3) is 15.5. The van der Waals surface area contributed by atoms with Crippen LogP contribution in [-0.2, 0) is 16.2 Å². The van der Waals surface area contributed by atoms with Crippen LogP contribution in [0, 0.1) is 0 Å². The lowest BCUT2D eigenvalue weighted by molar-refractivity contribution is 0.661. The Labute approximate surface area is 830 Å². The molecule has 11 heteroatoms. The highest BCUT2D eigenvalue weighted by molar-refractivity contribution is 6.06. The van der Waals surface area contributed by atoms with Gasteiger partial charge in [0, 0.05) is 130 Å². The second-order valence-electron chi connectivity index (χ2n) is 38.8. The molecule has 0 unspecified atom stereocenters. The number of para-hydroxylation sites is 3. The van der Waals surface area contributed by atoms with E-state index in [9.17, 15) is 0 Å². The Bertz CT molecular complexity index is 8970. The Hall–Kier alpha value is -18.2. The maximum atomic E-state index is 5.25. The lowest BCUT2D eigenvalue weighted by atomic mass is 9.78. The summed E-state index contributed by atoms with van der Waals surface area (Å²) in [6.07, 6.45) is 11.0. The van der Waals surface area contributed by atoms with Crippen molar-refractivity contribution in [3.8, 4) is 179 Å². The average Bonchev–Trinajstić information content (AvgIpc) is 1.56. The van der Waals surface area contributed by atoms with Crippen molar-refractivity contribution in [3.05, 3.63) is 489 Å². The van der Waals surface area contributed by atoms with Gasteiger partial charge in [-0.25, -0.2) is 34.9 Å². The lowest BCUT2D eigenvalue weighted by Crippen LogP contribution is -2.16. The number of fused-ring (bicyclic) bond motifs is 14. The molecule has 9 aromatic heterocycles. The molecule has 0 aliphatic heterocycles. The summed E-state index contributed by atoms with van der Waals surface area (Å²) in [6.45, 7) is 14.0. The molecule has 11 nitrogen and oxygen atoms in total. The number of pyridine rings is 7. The van der Waals surface area contributed by atoms with Crippen LogP contribution in [0.3, 0.4) is 0 Å². The van der Waals surface area contributed by atoms with Crippen molar-refractivity contribution in [1.29, 1.82) is 0 Å². The van der Waals surface area contributed by atoms with Gasteiger partial charge >= 0.3 is 0 Å². The van der Waals surface area contributed by atoms with Gasteiger partial charge in [0.15, 0.2) is 11.6 Å². The van der Waals surface area contributed by atoms with Crippen molar-refractivity contribution < 1.29 is 0 Å². The van der Waals surface area contributed by atoms with Crippen LogP contribution >= 0.6 is 0 Å². The lowest BCUT2D eigenvalue weighted by Gasteiger charge is -2.25. The van der Waals surface area contributed by atoms with Crippen molar-refractivity contribution >= 4 is 54.5 Å². The SMILES string of the molecule is CC1(C)c2ccccc2-c2nc3ccccc3c(-c3ccc(-c4cc(-c5ccc(-c6cccnc6)cc5)nc(-c5ccccc5)n4)cc3)c21.CC1(C)c2ccccc2-c2nc3ccccc3c(-c3ccc(-c4cc(-c5ccc6ncccc6c5)cc(-c5ccc6ncccc6c5)c4)cc3)c21.CC1(C)c2ccccc2-c2nc3ccccc3c(-c3ccc(-c4cc(-c5cccnc5)nc(-c5ccccc5)n4)cc3)c21. The van der Waals surface area contributed by atoms with E-state index in [0.717, 1.165) is 123 Å². The highest BCUT2D eigenvalue weighted by atomic mass is 14.9. The zero-order chi connectivity index (χ0) is 96.0. The van der Waals surface area contributed by atoms with Crippen LogP contribution in [-0.4, -0.2) is 54.8 Å². The first-order valence-electron chi connectivity index (χ1n) is 48.7. The smallest absolute Gasteiger partial charge is 0.160 e. The fourth-order valence-corrected chi connectivity index (χ4v) is 21.9. The predicted octanol–water partition coefficient (Wildman–Crippen LogP) is 32.8. The number of nitrogens with zero attached hydrogens (tertiary/aromatic N) is 11. The molecule has 15 aromatic carbocycles. The van der Waals surface area contributed by atoms with Gasteiger partial charge in [0.2, 0.25) is 0 Å². The molecule has 0 amide bonds. The molecule has 0 N–H and O–H groups in total. The van der Waals surface area contributed by atoms with Gasteiger partial charge in [-0.15, -0.1) is 0 Å². The maximum Gasteiger partial charge on any atom is 0.160 e. The van der Waals surface area contributed by atoms with Gasteiger partial charge < -0.3 is 0 Å². The molecule has 0 atom stereocenters. The van der Waals surface area contributed by atoms with E-state index in [1.165, 1.54) is 133 Å². The molecule has 0 radical (unpaired) electrons. The van der Waals surface area contributed by atoms with E-state index in [1.807, 2.05) is 104 Å². The maximum absolute atomic E-state index is 5.25. The average molecular weight is 1830 g/mol. The minimum absolute atomic E-state index is 0.174. The number of rotatable bonds is 13. The molecule has 3 aliphatic rings. The van der Waals surface area contributed by atoms with E-state index in [-0.39, 0.29) is 16.2 Å². The van der Waals surface area contributed by atoms with Gasteiger partial charge in [-0.2, -0.15) is 0 Å². The third-order valence-electron chi connectivity index (χ3n) is 29.0. The predicted molar refractivity (Wildman–Crippen MR) is 586 cm³/mol. The topological polar surface area (TPSA) is 142 Å². The first-order chi connectivity index (χ1) is 70.1. The Kier molecular flexibility index (Phi) is 21.4. The monoisotopic (exact) mass is 1830 g/mol. The second kappa shape index (κ2) is 35.4. The Morgan fingerprint density at radius 3 is 0.832 bits per heavy atom. The van der Waals surface area contributed by atoms with E-state index >= 15 is 0 Å². The molecule has 24 aromatic rings. The molecule has 0 saturated heterocycles. The minimum atomic E-state index is -0.185. The summed E-state index contributed by atoms with van der Waals surface area (Å²) >= 11 is 0. The van der Waals surface area contributed by atoms with Crippen molar-refractivity contribution in [2.24, 2.45) is 0 Å². The molecule has 0 fully saturated rings. The summed E-state index contributed by atoms with van der Waals surface area (Å²) in [7, 11) is 0. The summed E-state index contributed by atoms with van der Waals surface area (Å²) in [6, 6.07) is 148. The van der Waals surface area contributed by atoms with Gasteiger partial charge in [-0.1, -0.05) is 357 Å². The van der Waals surface area contributed by atoms with Crippen LogP contribution in [0.1, 0.15) is 74.9 Å². The van der Waals surface area contributed by atoms with Gasteiger partial charge in [0.25, 0.3) is 0 Å². The fourth-order valence-electron chi connectivity index (χ4n) is 21.9. The van der Waals surface area contributed by atoms with Crippen LogP contribution in [0.15, 0.2) is 456 Å². The molecule has 9 heterocycles. The van der Waals surface area contributed by atoms with E-state index in [0.29, 0.717) is 11.6 Å². The Morgan fingerprint density at radius 1 is 0.182 bits per heavy atom. The third-order valence-corrected chi connectivity index (χ3v) is 29.0. The van der Waals surface area contributed by atoms with Crippen LogP contribution < -0.4 is 0 Å². The zero-order valence-electron chi connectivity index (χ0n) is 79.7.